The Morgan fingerprint density at radius 3 is 1.54 bits per heavy atom. The molecule has 0 aliphatic heterocycles. The summed E-state index contributed by atoms with van der Waals surface area (Å²) in [5, 5.41) is 10.2. The van der Waals surface area contributed by atoms with Crippen molar-refractivity contribution in [1.82, 2.24) is 0 Å². The van der Waals surface area contributed by atoms with Gasteiger partial charge in [-0.3, -0.25) is 0 Å². The van der Waals surface area contributed by atoms with Crippen molar-refractivity contribution in [3.63, 3.8) is 0 Å². The van der Waals surface area contributed by atoms with Gasteiger partial charge in [0.2, 0.25) is 0 Å². The third-order valence-electron chi connectivity index (χ3n) is 15.6. The third-order valence-corrected chi connectivity index (χ3v) is 15.6. The van der Waals surface area contributed by atoms with Crippen LogP contribution in [0.15, 0.2) is 174 Å². The van der Waals surface area contributed by atoms with Crippen LogP contribution in [0.1, 0.15) is 43.2 Å². The second kappa shape index (κ2) is 11.8. The summed E-state index contributed by atoms with van der Waals surface area (Å²) in [6.07, 6.45) is 7.00. The summed E-state index contributed by atoms with van der Waals surface area (Å²) in [4.78, 5) is 0. The summed E-state index contributed by atoms with van der Waals surface area (Å²) in [6, 6.07) is 63.9. The Kier molecular flexibility index (Phi) is 6.52. The van der Waals surface area contributed by atoms with Gasteiger partial charge < -0.3 is 4.42 Å². The van der Waals surface area contributed by atoms with E-state index in [1.165, 1.54) is 114 Å². The van der Waals surface area contributed by atoms with Crippen LogP contribution in [0.5, 0.6) is 0 Å². The Bertz CT molecular complexity index is 3310. The molecular formula is C58H42O. The van der Waals surface area contributed by atoms with Gasteiger partial charge in [0.25, 0.3) is 0 Å². The van der Waals surface area contributed by atoms with Crippen LogP contribution in [-0.2, 0) is 5.41 Å². The molecule has 0 radical (unpaired) electrons. The quantitative estimate of drug-likeness (QED) is 0.164. The van der Waals surface area contributed by atoms with Crippen LogP contribution in [-0.4, -0.2) is 0 Å². The molecule has 4 bridgehead atoms. The standard InChI is InChI=1S/C58H42O/c1-2-11-37(12-3-1)55-47-14-6-8-16-49(47)56(50-17-9-7-15-48(50)55)40-21-24-46-45-23-20-39(32-53(45)59-54(46)33-40)38-19-22-44-51-25-18-36-10-4-5-13-43(36)57(51)58(52(44)31-38)41-27-34-26-35(29-41)30-42(58)28-34/h1-25,31-35,41-42H,26-30H2. The number of hydrogen-bond acceptors (Lipinski definition) is 1. The molecule has 4 fully saturated rings. The van der Waals surface area contributed by atoms with Gasteiger partial charge in [0.1, 0.15) is 11.2 Å². The first kappa shape index (κ1) is 32.5. The van der Waals surface area contributed by atoms with E-state index in [1.54, 1.807) is 11.1 Å². The van der Waals surface area contributed by atoms with Crippen molar-refractivity contribution in [2.24, 2.45) is 23.7 Å². The molecule has 1 nitrogen and oxygen atoms in total. The maximum Gasteiger partial charge on any atom is 0.136 e. The molecule has 9 aromatic carbocycles. The van der Waals surface area contributed by atoms with Gasteiger partial charge in [-0.05, 0) is 174 Å². The van der Waals surface area contributed by atoms with Crippen molar-refractivity contribution in [1.29, 1.82) is 0 Å². The third kappa shape index (κ3) is 4.35. The fraction of sp³-hybridized carbons (Fsp3) is 0.172. The maximum atomic E-state index is 6.87. The Morgan fingerprint density at radius 1 is 0.373 bits per heavy atom. The van der Waals surface area contributed by atoms with Crippen LogP contribution in [0.25, 0.3) is 98.8 Å². The van der Waals surface area contributed by atoms with Gasteiger partial charge in [0.15, 0.2) is 0 Å². The van der Waals surface area contributed by atoms with Gasteiger partial charge in [-0.1, -0.05) is 140 Å². The van der Waals surface area contributed by atoms with Crippen LogP contribution >= 0.6 is 0 Å². The summed E-state index contributed by atoms with van der Waals surface area (Å²) in [5.41, 5.74) is 15.7. The molecule has 0 amide bonds. The topological polar surface area (TPSA) is 13.1 Å². The highest BCUT2D eigenvalue weighted by Crippen LogP contribution is 2.70. The van der Waals surface area contributed by atoms with Gasteiger partial charge in [0, 0.05) is 16.2 Å². The Hall–Kier alpha value is -6.44. The van der Waals surface area contributed by atoms with Crippen molar-refractivity contribution < 1.29 is 4.42 Å². The summed E-state index contributed by atoms with van der Waals surface area (Å²) < 4.78 is 6.87. The molecule has 10 aromatic rings. The zero-order valence-corrected chi connectivity index (χ0v) is 32.9. The van der Waals surface area contributed by atoms with Crippen LogP contribution in [0.2, 0.25) is 0 Å². The van der Waals surface area contributed by atoms with Crippen LogP contribution in [0.4, 0.5) is 0 Å². The molecule has 280 valence electrons. The van der Waals surface area contributed by atoms with Crippen molar-refractivity contribution in [2.75, 3.05) is 0 Å². The maximum absolute atomic E-state index is 6.87. The highest BCUT2D eigenvalue weighted by Gasteiger charge is 2.62. The summed E-state index contributed by atoms with van der Waals surface area (Å²) in [6.45, 7) is 0. The molecule has 0 N–H and O–H groups in total. The highest BCUT2D eigenvalue weighted by molar-refractivity contribution is 6.22. The lowest BCUT2D eigenvalue weighted by atomic mass is 9.43. The molecule has 0 saturated heterocycles. The molecule has 0 unspecified atom stereocenters. The van der Waals surface area contributed by atoms with Gasteiger partial charge >= 0.3 is 0 Å². The minimum Gasteiger partial charge on any atom is -0.456 e. The molecule has 1 heteroatoms. The van der Waals surface area contributed by atoms with Crippen molar-refractivity contribution >= 4 is 54.3 Å². The minimum absolute atomic E-state index is 0.0997. The number of benzene rings is 9. The number of fused-ring (bicyclic) bond motifs is 10. The highest BCUT2D eigenvalue weighted by atomic mass is 16.3. The second-order valence-electron chi connectivity index (χ2n) is 18.4. The van der Waals surface area contributed by atoms with Crippen molar-refractivity contribution in [3.05, 3.63) is 181 Å². The fourth-order valence-corrected chi connectivity index (χ4v) is 13.6. The Labute approximate surface area is 343 Å². The number of furan rings is 1. The van der Waals surface area contributed by atoms with E-state index < -0.39 is 0 Å². The monoisotopic (exact) mass is 754 g/mol. The molecule has 1 heterocycles. The molecule has 15 rings (SSSR count). The molecular weight excluding hydrogens is 713 g/mol. The summed E-state index contributed by atoms with van der Waals surface area (Å²) in [5.74, 6) is 3.26. The Morgan fingerprint density at radius 2 is 0.881 bits per heavy atom. The molecule has 1 aromatic heterocycles. The molecule has 5 aliphatic carbocycles. The van der Waals surface area contributed by atoms with Crippen molar-refractivity contribution in [3.8, 4) is 44.5 Å². The van der Waals surface area contributed by atoms with E-state index in [2.05, 4.69) is 170 Å². The van der Waals surface area contributed by atoms with Gasteiger partial charge in [0.05, 0.1) is 0 Å². The molecule has 0 atom stereocenters. The van der Waals surface area contributed by atoms with Gasteiger partial charge in [-0.15, -0.1) is 0 Å². The number of rotatable bonds is 3. The lowest BCUT2D eigenvalue weighted by molar-refractivity contribution is -0.0393. The normalized spacial score (nSPS) is 22.6. The van der Waals surface area contributed by atoms with Crippen LogP contribution in [0, 0.1) is 23.7 Å². The van der Waals surface area contributed by atoms with E-state index in [4.69, 9.17) is 4.42 Å². The average Bonchev–Trinajstić information content (AvgIpc) is 3.80. The first-order valence-electron chi connectivity index (χ1n) is 21.8. The van der Waals surface area contributed by atoms with Crippen molar-refractivity contribution in [2.45, 2.75) is 37.5 Å². The lowest BCUT2D eigenvalue weighted by Crippen LogP contribution is -2.55. The van der Waals surface area contributed by atoms with Gasteiger partial charge in [-0.2, -0.15) is 0 Å². The second-order valence-corrected chi connectivity index (χ2v) is 18.4. The van der Waals surface area contributed by atoms with E-state index in [1.807, 2.05) is 0 Å². The van der Waals surface area contributed by atoms with E-state index in [9.17, 15) is 0 Å². The fourth-order valence-electron chi connectivity index (χ4n) is 13.6. The van der Waals surface area contributed by atoms with Crippen LogP contribution in [0.3, 0.4) is 0 Å². The predicted molar refractivity (Wildman–Crippen MR) is 246 cm³/mol. The van der Waals surface area contributed by atoms with Gasteiger partial charge in [-0.25, -0.2) is 0 Å². The molecule has 4 saturated carbocycles. The molecule has 1 spiro atoms. The van der Waals surface area contributed by atoms with Crippen LogP contribution < -0.4 is 0 Å². The lowest BCUT2D eigenvalue weighted by Gasteiger charge is -2.61. The first-order chi connectivity index (χ1) is 29.2. The average molecular weight is 755 g/mol. The van der Waals surface area contributed by atoms with E-state index in [0.717, 1.165) is 40.2 Å². The largest absolute Gasteiger partial charge is 0.456 e. The van der Waals surface area contributed by atoms with E-state index >= 15 is 0 Å². The SMILES string of the molecule is c1ccc(-c2c3ccccc3c(-c3ccc4c(c3)oc3cc(-c5ccc6c(c5)C5(c7c-6ccc6ccccc76)C6CC7CC(C6)CC5C7)ccc34)c3ccccc23)cc1. The van der Waals surface area contributed by atoms with E-state index in [-0.39, 0.29) is 5.41 Å². The van der Waals surface area contributed by atoms with E-state index in [0.29, 0.717) is 0 Å². The molecule has 5 aliphatic rings. The predicted octanol–water partition coefficient (Wildman–Crippen LogP) is 15.8. The zero-order valence-electron chi connectivity index (χ0n) is 32.9. The summed E-state index contributed by atoms with van der Waals surface area (Å²) in [7, 11) is 0. The molecule has 59 heavy (non-hydrogen) atoms. The number of hydrogen-bond donors (Lipinski definition) is 0. The summed E-state index contributed by atoms with van der Waals surface area (Å²) >= 11 is 0. The zero-order chi connectivity index (χ0) is 38.4. The first-order valence-corrected chi connectivity index (χ1v) is 21.8. The smallest absolute Gasteiger partial charge is 0.136 e. The minimum atomic E-state index is 0.0997. The Balaban J connectivity index is 0.918.